The zero-order valence-electron chi connectivity index (χ0n) is 17.9. The molecule has 0 aliphatic rings. The first-order chi connectivity index (χ1) is 16.7. The Kier molecular flexibility index (Phi) is 5.23. The molecule has 0 spiro atoms. The smallest absolute Gasteiger partial charge is 0.284 e. The molecule has 174 valence electrons. The van der Waals surface area contributed by atoms with E-state index in [2.05, 4.69) is 15.0 Å². The molecule has 4 N–H and O–H groups in total. The summed E-state index contributed by atoms with van der Waals surface area (Å²) in [6.45, 7) is 0. The van der Waals surface area contributed by atoms with Gasteiger partial charge in [0.05, 0.1) is 5.69 Å². The zero-order valence-corrected chi connectivity index (χ0v) is 18.8. The van der Waals surface area contributed by atoms with E-state index in [1.165, 1.54) is 34.2 Å². The molecule has 11 nitrogen and oxygen atoms in total. The second-order valence-corrected chi connectivity index (χ2v) is 9.11. The van der Waals surface area contributed by atoms with Crippen molar-refractivity contribution in [2.75, 3.05) is 0 Å². The molecule has 0 saturated carbocycles. The van der Waals surface area contributed by atoms with Gasteiger partial charge in [-0.15, -0.1) is 0 Å². The van der Waals surface area contributed by atoms with Gasteiger partial charge >= 0.3 is 0 Å². The summed E-state index contributed by atoms with van der Waals surface area (Å²) >= 11 is 0. The zero-order chi connectivity index (χ0) is 24.7. The van der Waals surface area contributed by atoms with Crippen LogP contribution in [-0.2, 0) is 10.0 Å². The average Bonchev–Trinajstić information content (AvgIpc) is 3.29. The van der Waals surface area contributed by atoms with Gasteiger partial charge in [0.1, 0.15) is 17.6 Å². The number of hydrogen-bond donors (Lipinski definition) is 2. The molecule has 0 fully saturated rings. The van der Waals surface area contributed by atoms with Crippen molar-refractivity contribution in [2.45, 2.75) is 4.90 Å². The molecule has 12 heteroatoms. The summed E-state index contributed by atoms with van der Waals surface area (Å²) in [5.41, 5.74) is 7.73. The lowest BCUT2D eigenvalue weighted by Crippen LogP contribution is -2.20. The molecule has 0 aliphatic carbocycles. The number of rotatable bonds is 5. The van der Waals surface area contributed by atoms with Gasteiger partial charge < -0.3 is 5.73 Å². The van der Waals surface area contributed by atoms with Crippen LogP contribution in [-0.4, -0.2) is 38.4 Å². The van der Waals surface area contributed by atoms with Crippen molar-refractivity contribution in [3.8, 4) is 22.5 Å². The maximum atomic E-state index is 13.4. The summed E-state index contributed by atoms with van der Waals surface area (Å²) in [6, 6.07) is 14.7. The maximum absolute atomic E-state index is 13.4. The van der Waals surface area contributed by atoms with Crippen LogP contribution in [0.25, 0.3) is 33.7 Å². The van der Waals surface area contributed by atoms with Crippen molar-refractivity contribution in [3.63, 3.8) is 0 Å². The van der Waals surface area contributed by atoms with Crippen LogP contribution in [0.15, 0.2) is 89.3 Å². The number of amides is 1. The number of carbonyl (C=O) groups is 1. The van der Waals surface area contributed by atoms with Gasteiger partial charge in [-0.05, 0) is 42.0 Å². The molecule has 0 aliphatic heterocycles. The molecular formula is C23H17N7O4S. The number of nitrogens with zero attached hydrogens (tertiary/aromatic N) is 5. The molecule has 1 amide bonds. The van der Waals surface area contributed by atoms with Crippen LogP contribution in [0.1, 0.15) is 10.4 Å². The summed E-state index contributed by atoms with van der Waals surface area (Å²) in [5, 5.41) is 5.31. The van der Waals surface area contributed by atoms with Crippen LogP contribution in [0.5, 0.6) is 0 Å². The van der Waals surface area contributed by atoms with Crippen LogP contribution in [0.2, 0.25) is 0 Å². The van der Waals surface area contributed by atoms with Gasteiger partial charge in [0.2, 0.25) is 15.9 Å². The number of aromatic nitrogens is 5. The van der Waals surface area contributed by atoms with Crippen molar-refractivity contribution in [3.05, 3.63) is 95.6 Å². The first kappa shape index (κ1) is 22.1. The first-order valence-corrected chi connectivity index (χ1v) is 11.7. The summed E-state index contributed by atoms with van der Waals surface area (Å²) in [5.74, 6) is -0.591. The second-order valence-electron chi connectivity index (χ2n) is 7.58. The molecule has 2 aromatic carbocycles. The fourth-order valence-corrected chi connectivity index (χ4v) is 4.45. The molecule has 5 aromatic rings. The van der Waals surface area contributed by atoms with Gasteiger partial charge in [0.15, 0.2) is 11.2 Å². The second kappa shape index (κ2) is 8.27. The Balaban J connectivity index is 1.60. The quantitative estimate of drug-likeness (QED) is 0.377. The maximum Gasteiger partial charge on any atom is 0.284 e. The lowest BCUT2D eigenvalue weighted by Gasteiger charge is -2.10. The molecule has 5 rings (SSSR count). The third-order valence-electron chi connectivity index (χ3n) is 5.42. The molecule has 3 heterocycles. The number of carbonyl (C=O) groups excluding carboxylic acids is 1. The standard InChI is InChI=1S/C23H17N7O4S/c24-21(31)15-2-1-3-17(10-15)29-12-27-22-20(29)23(32)30(13-28-22)16-6-4-14(5-7-16)18-8-9-26-11-19(18)35(25,33)34/h1-13H,(H2,24,31)(H2,25,33,34). The highest BCUT2D eigenvalue weighted by Gasteiger charge is 2.17. The Morgan fingerprint density at radius 3 is 2.31 bits per heavy atom. The van der Waals surface area contributed by atoms with E-state index in [1.54, 1.807) is 54.6 Å². The minimum Gasteiger partial charge on any atom is -0.366 e. The van der Waals surface area contributed by atoms with E-state index in [0.29, 0.717) is 28.1 Å². The Morgan fingerprint density at radius 1 is 0.914 bits per heavy atom. The Morgan fingerprint density at radius 2 is 1.63 bits per heavy atom. The minimum absolute atomic E-state index is 0.102. The summed E-state index contributed by atoms with van der Waals surface area (Å²) < 4.78 is 26.7. The van der Waals surface area contributed by atoms with Crippen LogP contribution in [0, 0.1) is 0 Å². The molecule has 35 heavy (non-hydrogen) atoms. The lowest BCUT2D eigenvalue weighted by atomic mass is 10.1. The highest BCUT2D eigenvalue weighted by atomic mass is 32.2. The number of primary sulfonamides is 1. The molecule has 3 aromatic heterocycles. The topological polar surface area (TPSA) is 169 Å². The van der Waals surface area contributed by atoms with Crippen molar-refractivity contribution >= 4 is 27.1 Å². The van der Waals surface area contributed by atoms with Crippen LogP contribution in [0.4, 0.5) is 0 Å². The fraction of sp³-hybridized carbons (Fsp3) is 0. The summed E-state index contributed by atoms with van der Waals surface area (Å²) in [7, 11) is -3.97. The predicted octanol–water partition coefficient (Wildman–Crippen LogP) is 1.38. The van der Waals surface area contributed by atoms with E-state index >= 15 is 0 Å². The Bertz CT molecular complexity index is 1770. The number of imidazole rings is 1. The monoisotopic (exact) mass is 487 g/mol. The number of nitrogens with two attached hydrogens (primary N) is 2. The Hall–Kier alpha value is -4.68. The summed E-state index contributed by atoms with van der Waals surface area (Å²) in [6.07, 6.45) is 5.47. The molecule has 0 atom stereocenters. The first-order valence-electron chi connectivity index (χ1n) is 10.2. The van der Waals surface area contributed by atoms with Gasteiger partial charge in [-0.1, -0.05) is 18.2 Å². The van der Waals surface area contributed by atoms with Gasteiger partial charge in [0, 0.05) is 29.2 Å². The number of sulfonamides is 1. The van der Waals surface area contributed by atoms with Gasteiger partial charge in [-0.3, -0.25) is 23.7 Å². The fourth-order valence-electron chi connectivity index (χ4n) is 3.75. The summed E-state index contributed by atoms with van der Waals surface area (Å²) in [4.78, 5) is 37.2. The lowest BCUT2D eigenvalue weighted by molar-refractivity contribution is 0.1000. The Labute approximate surface area is 198 Å². The minimum atomic E-state index is -3.97. The van der Waals surface area contributed by atoms with E-state index in [4.69, 9.17) is 10.9 Å². The average molecular weight is 488 g/mol. The highest BCUT2D eigenvalue weighted by molar-refractivity contribution is 7.89. The van der Waals surface area contributed by atoms with Gasteiger partial charge in [-0.2, -0.15) is 0 Å². The van der Waals surface area contributed by atoms with Crippen LogP contribution >= 0.6 is 0 Å². The van der Waals surface area contributed by atoms with Crippen molar-refractivity contribution in [2.24, 2.45) is 10.9 Å². The van der Waals surface area contributed by atoms with E-state index in [9.17, 15) is 18.0 Å². The number of hydrogen-bond acceptors (Lipinski definition) is 7. The van der Waals surface area contributed by atoms with Gasteiger partial charge in [-0.25, -0.2) is 23.5 Å². The van der Waals surface area contributed by atoms with Crippen molar-refractivity contribution in [1.29, 1.82) is 0 Å². The number of primary amides is 1. The number of fused-ring (bicyclic) bond motifs is 1. The van der Waals surface area contributed by atoms with E-state index in [1.807, 2.05) is 0 Å². The van der Waals surface area contributed by atoms with E-state index in [0.717, 1.165) is 0 Å². The normalized spacial score (nSPS) is 11.6. The molecule has 0 saturated heterocycles. The van der Waals surface area contributed by atoms with Crippen molar-refractivity contribution in [1.82, 2.24) is 24.1 Å². The third-order valence-corrected chi connectivity index (χ3v) is 6.36. The van der Waals surface area contributed by atoms with E-state index in [-0.39, 0.29) is 21.6 Å². The molecule has 0 bridgehead atoms. The largest absolute Gasteiger partial charge is 0.366 e. The molecule has 0 unspecified atom stereocenters. The highest BCUT2D eigenvalue weighted by Crippen LogP contribution is 2.26. The third kappa shape index (κ3) is 3.96. The molecule has 0 radical (unpaired) electrons. The molecular weight excluding hydrogens is 470 g/mol. The van der Waals surface area contributed by atoms with Gasteiger partial charge in [0.25, 0.3) is 5.56 Å². The number of pyridine rings is 1. The SMILES string of the molecule is NC(=O)c1cccc(-n2cnc3ncn(-c4ccc(-c5ccncc5S(N)(=O)=O)cc4)c(=O)c32)c1. The predicted molar refractivity (Wildman–Crippen MR) is 128 cm³/mol. The van der Waals surface area contributed by atoms with Crippen LogP contribution in [0.3, 0.4) is 0 Å². The van der Waals surface area contributed by atoms with Crippen molar-refractivity contribution < 1.29 is 13.2 Å². The van der Waals surface area contributed by atoms with Crippen LogP contribution < -0.4 is 16.4 Å². The van der Waals surface area contributed by atoms with E-state index < -0.39 is 15.9 Å². The number of benzene rings is 2.